The highest BCUT2D eigenvalue weighted by molar-refractivity contribution is 7.89. The summed E-state index contributed by atoms with van der Waals surface area (Å²) >= 11 is 0. The van der Waals surface area contributed by atoms with Gasteiger partial charge in [0, 0.05) is 11.1 Å². The Morgan fingerprint density at radius 1 is 0.967 bits per heavy atom. The van der Waals surface area contributed by atoms with Gasteiger partial charge in [0.05, 0.1) is 11.4 Å². The van der Waals surface area contributed by atoms with Crippen molar-refractivity contribution in [1.82, 2.24) is 14.4 Å². The van der Waals surface area contributed by atoms with Gasteiger partial charge in [-0.05, 0) is 65.7 Å². The number of nitrogens with zero attached hydrogens (tertiary/aromatic N) is 3. The summed E-state index contributed by atoms with van der Waals surface area (Å²) in [5.74, 6) is 0.704. The molecule has 0 radical (unpaired) electrons. The summed E-state index contributed by atoms with van der Waals surface area (Å²) in [6.07, 6.45) is 0. The molecule has 3 aromatic rings. The molecule has 0 amide bonds. The first kappa shape index (κ1) is 22.2. The van der Waals surface area contributed by atoms with Crippen LogP contribution in [0.15, 0.2) is 45.8 Å². The molecule has 0 aliphatic rings. The van der Waals surface area contributed by atoms with E-state index < -0.39 is 15.6 Å². The van der Waals surface area contributed by atoms with E-state index in [1.165, 1.54) is 4.31 Å². The summed E-state index contributed by atoms with van der Waals surface area (Å²) in [5, 5.41) is 4.06. The zero-order valence-corrected chi connectivity index (χ0v) is 19.5. The van der Waals surface area contributed by atoms with Crippen molar-refractivity contribution in [2.24, 2.45) is 0 Å². The predicted molar refractivity (Wildman–Crippen MR) is 118 cm³/mol. The first-order chi connectivity index (χ1) is 13.9. The summed E-state index contributed by atoms with van der Waals surface area (Å²) in [6, 6.07) is 11.6. The molecule has 0 fully saturated rings. The quantitative estimate of drug-likeness (QED) is 0.575. The molecule has 0 N–H and O–H groups in total. The Labute approximate surface area is 179 Å². The molecular formula is C23H29N3O3S. The van der Waals surface area contributed by atoms with E-state index in [0.29, 0.717) is 10.7 Å². The zero-order valence-electron chi connectivity index (χ0n) is 18.6. The van der Waals surface area contributed by atoms with Gasteiger partial charge in [0.1, 0.15) is 0 Å². The lowest BCUT2D eigenvalue weighted by Crippen LogP contribution is -2.45. The maximum atomic E-state index is 13.7. The van der Waals surface area contributed by atoms with E-state index in [1.807, 2.05) is 84.9 Å². The number of aromatic nitrogens is 2. The van der Waals surface area contributed by atoms with Gasteiger partial charge >= 0.3 is 0 Å². The van der Waals surface area contributed by atoms with Crippen molar-refractivity contribution in [1.29, 1.82) is 0 Å². The number of benzene rings is 2. The summed E-state index contributed by atoms with van der Waals surface area (Å²) in [5.41, 5.74) is 3.73. The molecule has 1 heterocycles. The third-order valence-electron chi connectivity index (χ3n) is 4.92. The van der Waals surface area contributed by atoms with Crippen LogP contribution in [0.4, 0.5) is 0 Å². The molecule has 0 aliphatic heterocycles. The lowest BCUT2D eigenvalue weighted by molar-refractivity contribution is 0.214. The first-order valence-electron chi connectivity index (χ1n) is 9.90. The Morgan fingerprint density at radius 2 is 1.60 bits per heavy atom. The number of aryl methyl sites for hydroxylation is 4. The van der Waals surface area contributed by atoms with Crippen molar-refractivity contribution in [2.45, 2.75) is 65.4 Å². The summed E-state index contributed by atoms with van der Waals surface area (Å²) < 4.78 is 34.2. The van der Waals surface area contributed by atoms with E-state index >= 15 is 0 Å². The Balaban J connectivity index is 2.01. The summed E-state index contributed by atoms with van der Waals surface area (Å²) in [7, 11) is -3.79. The molecular weight excluding hydrogens is 398 g/mol. The average molecular weight is 428 g/mol. The molecule has 0 spiro atoms. The van der Waals surface area contributed by atoms with Gasteiger partial charge in [0.25, 0.3) is 0 Å². The van der Waals surface area contributed by atoms with Crippen molar-refractivity contribution in [3.63, 3.8) is 0 Å². The molecule has 0 atom stereocenters. The lowest BCUT2D eigenvalue weighted by Gasteiger charge is -2.34. The summed E-state index contributed by atoms with van der Waals surface area (Å²) in [4.78, 5) is 4.79. The van der Waals surface area contributed by atoms with Crippen LogP contribution in [0.2, 0.25) is 0 Å². The number of rotatable bonds is 5. The smallest absolute Gasteiger partial charge is 0.244 e. The molecule has 2 aromatic carbocycles. The van der Waals surface area contributed by atoms with Crippen LogP contribution in [0.1, 0.15) is 48.9 Å². The van der Waals surface area contributed by atoms with E-state index in [1.54, 1.807) is 0 Å². The van der Waals surface area contributed by atoms with E-state index in [4.69, 9.17) is 4.52 Å². The molecule has 30 heavy (non-hydrogen) atoms. The van der Waals surface area contributed by atoms with E-state index in [2.05, 4.69) is 10.1 Å². The van der Waals surface area contributed by atoms with Crippen LogP contribution < -0.4 is 0 Å². The molecule has 7 heteroatoms. The van der Waals surface area contributed by atoms with Crippen LogP contribution in [0.25, 0.3) is 11.4 Å². The van der Waals surface area contributed by atoms with Crippen LogP contribution in [0, 0.1) is 27.7 Å². The van der Waals surface area contributed by atoms with Crippen LogP contribution in [-0.2, 0) is 16.6 Å². The predicted octanol–water partition coefficient (Wildman–Crippen LogP) is 4.96. The summed E-state index contributed by atoms with van der Waals surface area (Å²) in [6.45, 7) is 13.2. The maximum Gasteiger partial charge on any atom is 0.244 e. The Hall–Kier alpha value is -2.51. The molecule has 0 saturated heterocycles. The van der Waals surface area contributed by atoms with Gasteiger partial charge in [0.15, 0.2) is 0 Å². The van der Waals surface area contributed by atoms with Crippen molar-refractivity contribution >= 4 is 10.0 Å². The highest BCUT2D eigenvalue weighted by Crippen LogP contribution is 2.31. The molecule has 160 valence electrons. The fourth-order valence-electron chi connectivity index (χ4n) is 3.71. The van der Waals surface area contributed by atoms with Gasteiger partial charge < -0.3 is 4.52 Å². The second-order valence-electron chi connectivity index (χ2n) is 8.79. The van der Waals surface area contributed by atoms with Crippen LogP contribution >= 0.6 is 0 Å². The van der Waals surface area contributed by atoms with Crippen molar-refractivity contribution in [3.8, 4) is 11.4 Å². The molecule has 0 bridgehead atoms. The first-order valence-corrected chi connectivity index (χ1v) is 11.3. The highest BCUT2D eigenvalue weighted by Gasteiger charge is 2.37. The van der Waals surface area contributed by atoms with Gasteiger partial charge in [-0.1, -0.05) is 46.6 Å². The topological polar surface area (TPSA) is 76.3 Å². The second-order valence-corrected chi connectivity index (χ2v) is 10.6. The van der Waals surface area contributed by atoms with Gasteiger partial charge in [-0.25, -0.2) is 8.42 Å². The van der Waals surface area contributed by atoms with Gasteiger partial charge in [-0.3, -0.25) is 0 Å². The third kappa shape index (κ3) is 4.47. The van der Waals surface area contributed by atoms with Crippen molar-refractivity contribution in [3.05, 3.63) is 64.5 Å². The van der Waals surface area contributed by atoms with E-state index in [9.17, 15) is 8.42 Å². The van der Waals surface area contributed by atoms with Crippen LogP contribution in [0.3, 0.4) is 0 Å². The monoisotopic (exact) mass is 427 g/mol. The second kappa shape index (κ2) is 7.96. The maximum absolute atomic E-state index is 13.7. The molecule has 0 unspecified atom stereocenters. The SMILES string of the molecule is Cc1cccc(-c2noc(CN(C(C)(C)C)S(=O)(=O)c3c(C)cc(C)cc3C)n2)c1. The Bertz CT molecular complexity index is 1150. The fourth-order valence-corrected chi connectivity index (χ4v) is 5.86. The largest absolute Gasteiger partial charge is 0.338 e. The Morgan fingerprint density at radius 3 is 2.17 bits per heavy atom. The molecule has 1 aromatic heterocycles. The lowest BCUT2D eigenvalue weighted by atomic mass is 10.1. The minimum absolute atomic E-state index is 0.00257. The fraction of sp³-hybridized carbons (Fsp3) is 0.391. The third-order valence-corrected chi connectivity index (χ3v) is 7.34. The standard InChI is InChI=1S/C23H29N3O3S/c1-15-9-8-10-19(13-15)22-24-20(29-25-22)14-26(23(5,6)7)30(27,28)21-17(3)11-16(2)12-18(21)4/h8-13H,14H2,1-7H3. The van der Waals surface area contributed by atoms with Crippen molar-refractivity contribution in [2.75, 3.05) is 0 Å². The van der Waals surface area contributed by atoms with E-state index in [-0.39, 0.29) is 12.4 Å². The van der Waals surface area contributed by atoms with Gasteiger partial charge in [0.2, 0.25) is 21.7 Å². The highest BCUT2D eigenvalue weighted by atomic mass is 32.2. The molecule has 3 rings (SSSR count). The van der Waals surface area contributed by atoms with Crippen LogP contribution in [-0.4, -0.2) is 28.4 Å². The number of hydrogen-bond acceptors (Lipinski definition) is 5. The molecule has 0 aliphatic carbocycles. The van der Waals surface area contributed by atoms with E-state index in [0.717, 1.165) is 27.8 Å². The number of hydrogen-bond donors (Lipinski definition) is 0. The average Bonchev–Trinajstić information content (AvgIpc) is 3.06. The van der Waals surface area contributed by atoms with Crippen LogP contribution in [0.5, 0.6) is 0 Å². The normalized spacial score (nSPS) is 12.5. The minimum Gasteiger partial charge on any atom is -0.338 e. The number of sulfonamides is 1. The van der Waals surface area contributed by atoms with Gasteiger partial charge in [-0.2, -0.15) is 9.29 Å². The van der Waals surface area contributed by atoms with Gasteiger partial charge in [-0.15, -0.1) is 0 Å². The Kier molecular flexibility index (Phi) is 5.89. The zero-order chi connectivity index (χ0) is 22.3. The molecule has 0 saturated carbocycles. The minimum atomic E-state index is -3.79. The molecule has 6 nitrogen and oxygen atoms in total. The van der Waals surface area contributed by atoms with Crippen molar-refractivity contribution < 1.29 is 12.9 Å².